The van der Waals surface area contributed by atoms with Gasteiger partial charge in [0.1, 0.15) is 11.6 Å². The summed E-state index contributed by atoms with van der Waals surface area (Å²) in [5, 5.41) is 17.4. The molecule has 1 atom stereocenters. The maximum atomic E-state index is 12.5. The fraction of sp³-hybridized carbons (Fsp3) is 0.630. The van der Waals surface area contributed by atoms with Gasteiger partial charge in [-0.3, -0.25) is 14.4 Å². The number of amides is 3. The zero-order chi connectivity index (χ0) is 26.8. The molecular formula is C27H44N4O5. The maximum Gasteiger partial charge on any atom is 0.326 e. The molecule has 0 aliphatic carbocycles. The van der Waals surface area contributed by atoms with Crippen LogP contribution >= 0.6 is 0 Å². The summed E-state index contributed by atoms with van der Waals surface area (Å²) < 4.78 is 0. The minimum atomic E-state index is -1.24. The van der Waals surface area contributed by atoms with E-state index in [0.717, 1.165) is 25.7 Å². The van der Waals surface area contributed by atoms with Crippen LogP contribution in [0.4, 0.5) is 0 Å². The van der Waals surface area contributed by atoms with E-state index < -0.39 is 23.5 Å². The first-order valence-electron chi connectivity index (χ1n) is 13.0. The molecule has 0 heterocycles. The largest absolute Gasteiger partial charge is 0.480 e. The lowest BCUT2D eigenvalue weighted by molar-refractivity contribution is -0.143. The van der Waals surface area contributed by atoms with Gasteiger partial charge in [-0.05, 0) is 77.3 Å². The molecule has 9 heteroatoms. The van der Waals surface area contributed by atoms with Gasteiger partial charge >= 0.3 is 5.97 Å². The van der Waals surface area contributed by atoms with Crippen LogP contribution in [-0.2, 0) is 25.6 Å². The molecule has 202 valence electrons. The van der Waals surface area contributed by atoms with E-state index in [4.69, 9.17) is 5.73 Å². The molecule has 1 aromatic carbocycles. The Bertz CT molecular complexity index is 814. The fourth-order valence-corrected chi connectivity index (χ4v) is 3.72. The molecule has 0 unspecified atom stereocenters. The van der Waals surface area contributed by atoms with Crippen molar-refractivity contribution in [3.63, 3.8) is 0 Å². The topological polar surface area (TPSA) is 151 Å². The number of carbonyl (C=O) groups is 4. The van der Waals surface area contributed by atoms with Crippen molar-refractivity contribution in [3.05, 3.63) is 35.9 Å². The number of carboxylic acid groups (broad SMARTS) is 1. The molecule has 0 saturated heterocycles. The monoisotopic (exact) mass is 504 g/mol. The van der Waals surface area contributed by atoms with Gasteiger partial charge in [-0.1, -0.05) is 36.8 Å². The van der Waals surface area contributed by atoms with Crippen molar-refractivity contribution >= 4 is 23.7 Å². The number of aliphatic carboxylic acids is 1. The van der Waals surface area contributed by atoms with Crippen molar-refractivity contribution in [1.82, 2.24) is 16.0 Å². The van der Waals surface area contributed by atoms with Crippen LogP contribution in [0.25, 0.3) is 0 Å². The Hall–Kier alpha value is -2.94. The Kier molecular flexibility index (Phi) is 15.1. The van der Waals surface area contributed by atoms with Crippen molar-refractivity contribution in [2.75, 3.05) is 13.1 Å². The average Bonchev–Trinajstić information content (AvgIpc) is 2.83. The van der Waals surface area contributed by atoms with Crippen molar-refractivity contribution in [2.24, 2.45) is 5.73 Å². The molecule has 9 nitrogen and oxygen atoms in total. The molecule has 0 bridgehead atoms. The van der Waals surface area contributed by atoms with Gasteiger partial charge in [0.25, 0.3) is 0 Å². The van der Waals surface area contributed by atoms with E-state index in [9.17, 15) is 24.3 Å². The minimum absolute atomic E-state index is 0.0245. The zero-order valence-electron chi connectivity index (χ0n) is 21.8. The van der Waals surface area contributed by atoms with Crippen LogP contribution in [0.3, 0.4) is 0 Å². The van der Waals surface area contributed by atoms with Crippen molar-refractivity contribution < 1.29 is 24.3 Å². The van der Waals surface area contributed by atoms with Gasteiger partial charge in [0.2, 0.25) is 17.7 Å². The number of unbranched alkanes of at least 4 members (excludes halogenated alkanes) is 4. The lowest BCUT2D eigenvalue weighted by Gasteiger charge is -2.27. The van der Waals surface area contributed by atoms with Gasteiger partial charge in [-0.25, -0.2) is 4.79 Å². The number of carboxylic acids is 1. The van der Waals surface area contributed by atoms with E-state index in [-0.39, 0.29) is 24.7 Å². The lowest BCUT2D eigenvalue weighted by Crippen LogP contribution is -2.57. The maximum absolute atomic E-state index is 12.5. The molecule has 1 rings (SSSR count). The predicted molar refractivity (Wildman–Crippen MR) is 140 cm³/mol. The highest BCUT2D eigenvalue weighted by Crippen LogP contribution is 2.09. The molecule has 36 heavy (non-hydrogen) atoms. The molecule has 6 N–H and O–H groups in total. The molecule has 0 fully saturated rings. The first-order chi connectivity index (χ1) is 17.2. The van der Waals surface area contributed by atoms with Gasteiger partial charge in [-0.2, -0.15) is 0 Å². The number of carbonyl (C=O) groups excluding carboxylic acids is 3. The van der Waals surface area contributed by atoms with Gasteiger partial charge in [0.15, 0.2) is 0 Å². The normalized spacial score (nSPS) is 12.0. The summed E-state index contributed by atoms with van der Waals surface area (Å²) in [5.74, 6) is -1.94. The van der Waals surface area contributed by atoms with Crippen LogP contribution in [0.2, 0.25) is 0 Å². The van der Waals surface area contributed by atoms with Crippen LogP contribution in [0.15, 0.2) is 30.3 Å². The van der Waals surface area contributed by atoms with Crippen molar-refractivity contribution in [1.29, 1.82) is 0 Å². The Morgan fingerprint density at radius 3 is 2.22 bits per heavy atom. The smallest absolute Gasteiger partial charge is 0.326 e. The molecule has 3 amide bonds. The highest BCUT2D eigenvalue weighted by molar-refractivity contribution is 5.93. The second-order valence-electron chi connectivity index (χ2n) is 9.68. The summed E-state index contributed by atoms with van der Waals surface area (Å²) in [6, 6.07) is 9.29. The van der Waals surface area contributed by atoms with E-state index in [0.29, 0.717) is 45.2 Å². The quantitative estimate of drug-likeness (QED) is 0.183. The summed E-state index contributed by atoms with van der Waals surface area (Å²) in [4.78, 5) is 48.2. The van der Waals surface area contributed by atoms with Crippen LogP contribution in [0.5, 0.6) is 0 Å². The molecule has 0 radical (unpaired) electrons. The first kappa shape index (κ1) is 31.1. The molecule has 0 saturated carbocycles. The van der Waals surface area contributed by atoms with E-state index in [1.54, 1.807) is 13.8 Å². The number of hydrogen-bond acceptors (Lipinski definition) is 5. The second-order valence-corrected chi connectivity index (χ2v) is 9.68. The standard InChI is InChI=1S/C27H44N4O5/c1-27(2,26(36)30-22(25(34)35)16-9-11-19-28)31-24(33)18-10-12-20-29-23(32)17-8-4-7-15-21-13-5-3-6-14-21/h3,5-6,13-14,22H,4,7-12,15-20,28H2,1-2H3,(H,29,32)(H,30,36)(H,31,33)(H,34,35)/t22-/m0/s1. The van der Waals surface area contributed by atoms with Crippen LogP contribution < -0.4 is 21.7 Å². The predicted octanol–water partition coefficient (Wildman–Crippen LogP) is 2.67. The molecule has 0 aromatic heterocycles. The average molecular weight is 505 g/mol. The lowest BCUT2D eigenvalue weighted by atomic mass is 10.0. The summed E-state index contributed by atoms with van der Waals surface area (Å²) in [7, 11) is 0. The van der Waals surface area contributed by atoms with Crippen LogP contribution in [0, 0.1) is 0 Å². The SMILES string of the molecule is CC(C)(NC(=O)CCCCNC(=O)CCCCCc1ccccc1)C(=O)N[C@@H](CCCCN)C(=O)O. The first-order valence-corrected chi connectivity index (χ1v) is 13.0. The summed E-state index contributed by atoms with van der Waals surface area (Å²) >= 11 is 0. The van der Waals surface area contributed by atoms with E-state index >= 15 is 0 Å². The number of rotatable bonds is 19. The van der Waals surface area contributed by atoms with Crippen molar-refractivity contribution in [3.8, 4) is 0 Å². The van der Waals surface area contributed by atoms with Crippen LogP contribution in [0.1, 0.15) is 83.6 Å². The number of aryl methyl sites for hydroxylation is 1. The minimum Gasteiger partial charge on any atom is -0.480 e. The highest BCUT2D eigenvalue weighted by Gasteiger charge is 2.32. The highest BCUT2D eigenvalue weighted by atomic mass is 16.4. The fourth-order valence-electron chi connectivity index (χ4n) is 3.72. The Balaban J connectivity index is 2.17. The van der Waals surface area contributed by atoms with Crippen LogP contribution in [-0.4, -0.2) is 53.5 Å². The molecular weight excluding hydrogens is 460 g/mol. The van der Waals surface area contributed by atoms with Gasteiger partial charge in [-0.15, -0.1) is 0 Å². The molecule has 0 spiro atoms. The summed E-state index contributed by atoms with van der Waals surface area (Å²) in [6.07, 6.45) is 7.43. The van der Waals surface area contributed by atoms with E-state index in [1.807, 2.05) is 18.2 Å². The van der Waals surface area contributed by atoms with E-state index in [1.165, 1.54) is 5.56 Å². The molecule has 0 aliphatic heterocycles. The van der Waals surface area contributed by atoms with Gasteiger partial charge in [0, 0.05) is 19.4 Å². The summed E-state index contributed by atoms with van der Waals surface area (Å²) in [5.41, 5.74) is 5.51. The Morgan fingerprint density at radius 1 is 0.889 bits per heavy atom. The van der Waals surface area contributed by atoms with Gasteiger partial charge in [0.05, 0.1) is 0 Å². The third-order valence-corrected chi connectivity index (χ3v) is 5.93. The molecule has 0 aliphatic rings. The van der Waals surface area contributed by atoms with Gasteiger partial charge < -0.3 is 26.8 Å². The van der Waals surface area contributed by atoms with Crippen molar-refractivity contribution in [2.45, 2.75) is 96.1 Å². The number of hydrogen-bond donors (Lipinski definition) is 5. The third kappa shape index (κ3) is 13.8. The number of benzene rings is 1. The van der Waals surface area contributed by atoms with E-state index in [2.05, 4.69) is 28.1 Å². The third-order valence-electron chi connectivity index (χ3n) is 5.93. The number of nitrogens with one attached hydrogen (secondary N) is 3. The molecule has 1 aromatic rings. The number of nitrogens with two attached hydrogens (primary N) is 1. The second kappa shape index (κ2) is 17.5. The zero-order valence-corrected chi connectivity index (χ0v) is 21.8. The summed E-state index contributed by atoms with van der Waals surface area (Å²) in [6.45, 7) is 4.04. The Morgan fingerprint density at radius 2 is 1.56 bits per heavy atom. The Labute approximate surface area is 215 Å².